The van der Waals surface area contributed by atoms with Gasteiger partial charge in [0.1, 0.15) is 5.75 Å². The monoisotopic (exact) mass is 328 g/mol. The van der Waals surface area contributed by atoms with Crippen molar-refractivity contribution in [2.24, 2.45) is 5.92 Å². The Hall–Kier alpha value is -2.30. The van der Waals surface area contributed by atoms with E-state index in [4.69, 9.17) is 9.15 Å². The lowest BCUT2D eigenvalue weighted by atomic mass is 9.91. The number of nitrogens with zero attached hydrogens (tertiary/aromatic N) is 2. The molecule has 1 amide bonds. The highest BCUT2D eigenvalue weighted by Gasteiger charge is 2.27. The molecule has 5 heteroatoms. The van der Waals surface area contributed by atoms with E-state index in [1.54, 1.807) is 14.0 Å². The summed E-state index contributed by atoms with van der Waals surface area (Å²) in [5.41, 5.74) is 1.95. The van der Waals surface area contributed by atoms with Crippen LogP contribution in [0.15, 0.2) is 35.1 Å². The fourth-order valence-corrected chi connectivity index (χ4v) is 3.33. The van der Waals surface area contributed by atoms with Gasteiger partial charge in [0, 0.05) is 13.1 Å². The average molecular weight is 328 g/mol. The van der Waals surface area contributed by atoms with Gasteiger partial charge in [-0.3, -0.25) is 4.79 Å². The maximum Gasteiger partial charge on any atom is 0.291 e. The fraction of sp³-hybridized carbons (Fsp3) is 0.474. The molecule has 0 spiro atoms. The van der Waals surface area contributed by atoms with Crippen molar-refractivity contribution in [1.82, 2.24) is 9.88 Å². The summed E-state index contributed by atoms with van der Waals surface area (Å²) in [6.45, 7) is 3.40. The van der Waals surface area contributed by atoms with Crippen molar-refractivity contribution in [3.63, 3.8) is 0 Å². The lowest BCUT2D eigenvalue weighted by Crippen LogP contribution is -2.40. The number of oxazole rings is 1. The molecule has 24 heavy (non-hydrogen) atoms. The highest BCUT2D eigenvalue weighted by Crippen LogP contribution is 2.24. The molecular formula is C19H24N2O3. The van der Waals surface area contributed by atoms with Gasteiger partial charge in [0.25, 0.3) is 5.91 Å². The normalized spacial score (nSPS) is 17.8. The Morgan fingerprint density at radius 1 is 1.46 bits per heavy atom. The Morgan fingerprint density at radius 3 is 3.08 bits per heavy atom. The van der Waals surface area contributed by atoms with Crippen LogP contribution in [-0.2, 0) is 6.42 Å². The molecule has 1 saturated heterocycles. The molecule has 1 aliphatic rings. The third-order valence-electron chi connectivity index (χ3n) is 4.72. The van der Waals surface area contributed by atoms with Gasteiger partial charge >= 0.3 is 0 Å². The van der Waals surface area contributed by atoms with E-state index in [1.807, 2.05) is 17.0 Å². The largest absolute Gasteiger partial charge is 0.497 e. The number of likely N-dealkylation sites (tertiary alicyclic amines) is 1. The van der Waals surface area contributed by atoms with E-state index >= 15 is 0 Å². The number of methoxy groups -OCH3 is 1. The Kier molecular flexibility index (Phi) is 5.18. The molecule has 128 valence electrons. The van der Waals surface area contributed by atoms with Crippen LogP contribution < -0.4 is 4.74 Å². The zero-order valence-corrected chi connectivity index (χ0v) is 14.3. The highest BCUT2D eigenvalue weighted by atomic mass is 16.5. The molecule has 0 aliphatic carbocycles. The van der Waals surface area contributed by atoms with Crippen molar-refractivity contribution in [3.05, 3.63) is 47.7 Å². The molecule has 0 N–H and O–H groups in total. The number of piperidine rings is 1. The zero-order valence-electron chi connectivity index (χ0n) is 14.3. The third-order valence-corrected chi connectivity index (χ3v) is 4.72. The second kappa shape index (κ2) is 7.51. The maximum atomic E-state index is 12.6. The molecule has 0 radical (unpaired) electrons. The Balaban J connectivity index is 1.57. The van der Waals surface area contributed by atoms with Crippen molar-refractivity contribution in [3.8, 4) is 5.75 Å². The summed E-state index contributed by atoms with van der Waals surface area (Å²) in [6, 6.07) is 8.21. The van der Waals surface area contributed by atoms with E-state index in [-0.39, 0.29) is 5.91 Å². The van der Waals surface area contributed by atoms with E-state index in [0.717, 1.165) is 38.1 Å². The first-order valence-corrected chi connectivity index (χ1v) is 8.49. The Morgan fingerprint density at radius 2 is 2.33 bits per heavy atom. The van der Waals surface area contributed by atoms with E-state index in [1.165, 1.54) is 18.4 Å². The molecule has 2 heterocycles. The summed E-state index contributed by atoms with van der Waals surface area (Å²) < 4.78 is 10.5. The lowest BCUT2D eigenvalue weighted by Gasteiger charge is -2.32. The van der Waals surface area contributed by atoms with Crippen molar-refractivity contribution in [2.45, 2.75) is 32.6 Å². The van der Waals surface area contributed by atoms with Gasteiger partial charge in [-0.1, -0.05) is 12.1 Å². The molecule has 1 unspecified atom stereocenters. The van der Waals surface area contributed by atoms with E-state index in [9.17, 15) is 4.79 Å². The molecule has 0 saturated carbocycles. The van der Waals surface area contributed by atoms with Gasteiger partial charge in [-0.2, -0.15) is 0 Å². The minimum Gasteiger partial charge on any atom is -0.497 e. The third kappa shape index (κ3) is 3.78. The first kappa shape index (κ1) is 16.6. The number of benzene rings is 1. The maximum absolute atomic E-state index is 12.6. The molecule has 1 fully saturated rings. The predicted octanol–water partition coefficient (Wildman–Crippen LogP) is 3.48. The summed E-state index contributed by atoms with van der Waals surface area (Å²) in [5, 5.41) is 0. The first-order chi connectivity index (χ1) is 11.7. The number of hydrogen-bond acceptors (Lipinski definition) is 4. The minimum absolute atomic E-state index is 0.0314. The molecule has 1 aromatic carbocycles. The molecule has 5 nitrogen and oxygen atoms in total. The van der Waals surface area contributed by atoms with Crippen LogP contribution in [0.1, 0.15) is 41.1 Å². The Labute approximate surface area is 142 Å². The van der Waals surface area contributed by atoms with Gasteiger partial charge in [-0.25, -0.2) is 4.98 Å². The summed E-state index contributed by atoms with van der Waals surface area (Å²) in [6.07, 6.45) is 5.63. The van der Waals surface area contributed by atoms with Crippen molar-refractivity contribution in [1.29, 1.82) is 0 Å². The topological polar surface area (TPSA) is 55.6 Å². The van der Waals surface area contributed by atoms with Crippen LogP contribution in [0.25, 0.3) is 0 Å². The van der Waals surface area contributed by atoms with Gasteiger partial charge in [0.05, 0.1) is 12.8 Å². The predicted molar refractivity (Wildman–Crippen MR) is 91.2 cm³/mol. The van der Waals surface area contributed by atoms with Gasteiger partial charge in [0.2, 0.25) is 5.76 Å². The van der Waals surface area contributed by atoms with Gasteiger partial charge < -0.3 is 14.1 Å². The lowest BCUT2D eigenvalue weighted by molar-refractivity contribution is 0.0635. The highest BCUT2D eigenvalue weighted by molar-refractivity contribution is 5.92. The van der Waals surface area contributed by atoms with Crippen LogP contribution in [0, 0.1) is 12.8 Å². The fourth-order valence-electron chi connectivity index (χ4n) is 3.33. The number of aryl methyl sites for hydroxylation is 2. The second-order valence-corrected chi connectivity index (χ2v) is 6.42. The summed E-state index contributed by atoms with van der Waals surface area (Å²) >= 11 is 0. The van der Waals surface area contributed by atoms with Gasteiger partial charge in [-0.05, 0) is 56.2 Å². The summed E-state index contributed by atoms with van der Waals surface area (Å²) in [7, 11) is 1.69. The Bertz CT molecular complexity index is 695. The van der Waals surface area contributed by atoms with Crippen LogP contribution in [0.5, 0.6) is 5.75 Å². The summed E-state index contributed by atoms with van der Waals surface area (Å²) in [5.74, 6) is 1.77. The SMILES string of the molecule is COc1cccc(CCC2CCCN(C(=O)c3ocnc3C)C2)c1. The molecule has 0 bridgehead atoms. The van der Waals surface area contributed by atoms with Crippen LogP contribution in [0.3, 0.4) is 0 Å². The number of rotatable bonds is 5. The zero-order chi connectivity index (χ0) is 16.9. The van der Waals surface area contributed by atoms with Crippen molar-refractivity contribution >= 4 is 5.91 Å². The van der Waals surface area contributed by atoms with Crippen LogP contribution in [0.4, 0.5) is 0 Å². The number of carbonyl (C=O) groups excluding carboxylic acids is 1. The van der Waals surface area contributed by atoms with Gasteiger partial charge in [-0.15, -0.1) is 0 Å². The number of amides is 1. The molecule has 1 aliphatic heterocycles. The van der Waals surface area contributed by atoms with Crippen LogP contribution >= 0.6 is 0 Å². The van der Waals surface area contributed by atoms with E-state index < -0.39 is 0 Å². The summed E-state index contributed by atoms with van der Waals surface area (Å²) in [4.78, 5) is 18.5. The molecular weight excluding hydrogens is 304 g/mol. The van der Waals surface area contributed by atoms with Crippen molar-refractivity contribution in [2.75, 3.05) is 20.2 Å². The average Bonchev–Trinajstić information content (AvgIpc) is 3.05. The standard InChI is InChI=1S/C19H24N2O3/c1-14-18(24-13-20-14)19(22)21-10-4-6-16(12-21)9-8-15-5-3-7-17(11-15)23-2/h3,5,7,11,13,16H,4,6,8-10,12H2,1-2H3. The van der Waals surface area contributed by atoms with Gasteiger partial charge in [0.15, 0.2) is 6.39 Å². The molecule has 1 atom stereocenters. The van der Waals surface area contributed by atoms with E-state index in [0.29, 0.717) is 17.4 Å². The number of hydrogen-bond donors (Lipinski definition) is 0. The van der Waals surface area contributed by atoms with Crippen LogP contribution in [0.2, 0.25) is 0 Å². The van der Waals surface area contributed by atoms with Crippen molar-refractivity contribution < 1.29 is 13.9 Å². The number of aromatic nitrogens is 1. The first-order valence-electron chi connectivity index (χ1n) is 8.49. The molecule has 2 aromatic rings. The second-order valence-electron chi connectivity index (χ2n) is 6.42. The number of carbonyl (C=O) groups is 1. The smallest absolute Gasteiger partial charge is 0.291 e. The van der Waals surface area contributed by atoms with E-state index in [2.05, 4.69) is 17.1 Å². The minimum atomic E-state index is -0.0314. The number of ether oxygens (including phenoxy) is 1. The molecule has 3 rings (SSSR count). The molecule has 1 aromatic heterocycles. The van der Waals surface area contributed by atoms with Crippen LogP contribution in [-0.4, -0.2) is 36.0 Å². The quantitative estimate of drug-likeness (QED) is 0.843.